The molecule has 35 heavy (non-hydrogen) atoms. The molecule has 6 rings (SSSR count). The second-order valence-electron chi connectivity index (χ2n) is 11.7. The van der Waals surface area contributed by atoms with Gasteiger partial charge in [0, 0.05) is 47.4 Å². The number of hydrogen-bond acceptors (Lipinski definition) is 3. The molecule has 178 valence electrons. The van der Waals surface area contributed by atoms with Crippen molar-refractivity contribution in [2.24, 2.45) is 10.8 Å². The van der Waals surface area contributed by atoms with Gasteiger partial charge in [-0.05, 0) is 49.1 Å². The van der Waals surface area contributed by atoms with E-state index in [0.29, 0.717) is 22.0 Å². The van der Waals surface area contributed by atoms with Gasteiger partial charge in [0.15, 0.2) is 13.1 Å². The minimum absolute atomic E-state index is 0.295. The van der Waals surface area contributed by atoms with E-state index in [1.54, 1.807) is 12.1 Å². The minimum atomic E-state index is -0.929. The average Bonchev–Trinajstić information content (AvgIpc) is 2.78. The first-order valence-corrected chi connectivity index (χ1v) is 12.3. The Kier molecular flexibility index (Phi) is 4.66. The summed E-state index contributed by atoms with van der Waals surface area (Å²) in [4.78, 5) is 14.5. The predicted molar refractivity (Wildman–Crippen MR) is 140 cm³/mol. The third-order valence-corrected chi connectivity index (χ3v) is 7.32. The fourth-order valence-corrected chi connectivity index (χ4v) is 5.78. The van der Waals surface area contributed by atoms with Crippen LogP contribution in [-0.2, 0) is 0 Å². The normalized spacial score (nSPS) is 18.4. The van der Waals surface area contributed by atoms with Crippen LogP contribution < -0.4 is 14.8 Å². The Balaban J connectivity index is 1.61. The van der Waals surface area contributed by atoms with Crippen LogP contribution in [0, 0.1) is 10.8 Å². The highest BCUT2D eigenvalue weighted by atomic mass is 16.4. The van der Waals surface area contributed by atoms with Crippen molar-refractivity contribution in [3.63, 3.8) is 0 Å². The smallest absolute Gasteiger partial charge is 0.336 e. The minimum Gasteiger partial charge on any atom is -0.478 e. The molecule has 5 heteroatoms. The van der Waals surface area contributed by atoms with Gasteiger partial charge in [-0.2, -0.15) is 0 Å². The third kappa shape index (κ3) is 3.70. The molecule has 0 aromatic heterocycles. The van der Waals surface area contributed by atoms with Crippen LogP contribution in [0.4, 0.5) is 5.69 Å². The Morgan fingerprint density at radius 2 is 1.66 bits per heavy atom. The number of aromatic carboxylic acids is 1. The molecule has 0 atom stereocenters. The van der Waals surface area contributed by atoms with Gasteiger partial charge in [-0.25, -0.2) is 9.37 Å². The van der Waals surface area contributed by atoms with Gasteiger partial charge in [-0.15, -0.1) is 0 Å². The topological polar surface area (TPSA) is 56.7 Å². The Hall–Kier alpha value is -3.60. The summed E-state index contributed by atoms with van der Waals surface area (Å²) in [6.07, 6.45) is 0. The second kappa shape index (κ2) is 7.45. The lowest BCUT2D eigenvalue weighted by atomic mass is 9.84. The van der Waals surface area contributed by atoms with E-state index < -0.39 is 5.97 Å². The highest BCUT2D eigenvalue weighted by Crippen LogP contribution is 2.43. The van der Waals surface area contributed by atoms with Crippen molar-refractivity contribution < 1.29 is 14.3 Å². The first-order valence-electron chi connectivity index (χ1n) is 12.3. The lowest BCUT2D eigenvalue weighted by Crippen LogP contribution is -2.54. The van der Waals surface area contributed by atoms with Crippen LogP contribution >= 0.6 is 0 Å². The standard InChI is InChI=1S/C30H30N2O3/c1-29(2)15-31(16-29)19-9-11-23-25(13-19)35-26-14-20(32-17-30(3,4)18-32)10-12-24(26)27(23)21-7-5-6-8-22(21)28(33)34/h5-14H,15-18H2,1-4H3/p+1. The molecule has 4 aliphatic rings. The molecular formula is C30H31N2O3+. The summed E-state index contributed by atoms with van der Waals surface area (Å²) in [7, 11) is 0. The van der Waals surface area contributed by atoms with Crippen LogP contribution in [0.25, 0.3) is 33.4 Å². The van der Waals surface area contributed by atoms with Gasteiger partial charge in [-0.1, -0.05) is 32.0 Å². The number of fused-ring (bicyclic) bond motifs is 2. The molecule has 2 saturated heterocycles. The van der Waals surface area contributed by atoms with E-state index in [1.165, 1.54) is 0 Å². The van der Waals surface area contributed by atoms with E-state index in [2.05, 4.69) is 73.6 Å². The van der Waals surface area contributed by atoms with Gasteiger partial charge < -0.3 is 14.4 Å². The van der Waals surface area contributed by atoms with Crippen molar-refractivity contribution in [3.8, 4) is 22.5 Å². The predicted octanol–water partition coefficient (Wildman–Crippen LogP) is 5.56. The van der Waals surface area contributed by atoms with Gasteiger partial charge in [-0.3, -0.25) is 0 Å². The summed E-state index contributed by atoms with van der Waals surface area (Å²) >= 11 is 0. The van der Waals surface area contributed by atoms with E-state index in [0.717, 1.165) is 65.1 Å². The Bertz CT molecular complexity index is 1530. The van der Waals surface area contributed by atoms with Crippen molar-refractivity contribution in [3.05, 3.63) is 71.6 Å². The number of anilines is 1. The lowest BCUT2D eigenvalue weighted by molar-refractivity contribution is 0.0697. The molecule has 0 spiro atoms. The summed E-state index contributed by atoms with van der Waals surface area (Å²) in [5, 5.41) is 12.0. The van der Waals surface area contributed by atoms with Crippen LogP contribution in [0.3, 0.4) is 0 Å². The first kappa shape index (κ1) is 21.9. The molecule has 0 amide bonds. The molecule has 3 aliphatic heterocycles. The van der Waals surface area contributed by atoms with Gasteiger partial charge in [0.2, 0.25) is 5.36 Å². The van der Waals surface area contributed by atoms with Gasteiger partial charge in [0.1, 0.15) is 11.3 Å². The zero-order chi connectivity index (χ0) is 24.5. The summed E-state index contributed by atoms with van der Waals surface area (Å²) in [5.41, 5.74) is 5.39. The molecule has 0 unspecified atom stereocenters. The summed E-state index contributed by atoms with van der Waals surface area (Å²) in [6, 6.07) is 19.9. The van der Waals surface area contributed by atoms with Gasteiger partial charge in [0.25, 0.3) is 0 Å². The first-order chi connectivity index (χ1) is 16.6. The molecule has 1 aliphatic carbocycles. The van der Waals surface area contributed by atoms with Crippen molar-refractivity contribution in [1.82, 2.24) is 4.58 Å². The zero-order valence-electron chi connectivity index (χ0n) is 20.8. The summed E-state index contributed by atoms with van der Waals surface area (Å²) < 4.78 is 8.89. The average molecular weight is 468 g/mol. The number of rotatable bonds is 3. The Labute approximate surface area is 205 Å². The zero-order valence-corrected chi connectivity index (χ0v) is 20.8. The van der Waals surface area contributed by atoms with Crippen molar-refractivity contribution in [2.45, 2.75) is 27.7 Å². The van der Waals surface area contributed by atoms with Crippen LogP contribution in [0.15, 0.2) is 65.1 Å². The Morgan fingerprint density at radius 3 is 2.34 bits per heavy atom. The molecule has 2 aromatic rings. The van der Waals surface area contributed by atoms with E-state index in [1.807, 2.05) is 12.1 Å². The lowest BCUT2D eigenvalue weighted by Gasteiger charge is -2.47. The van der Waals surface area contributed by atoms with Crippen LogP contribution in [-0.4, -0.2) is 37.3 Å². The third-order valence-electron chi connectivity index (χ3n) is 7.32. The highest BCUT2D eigenvalue weighted by Gasteiger charge is 2.39. The fourth-order valence-electron chi connectivity index (χ4n) is 5.78. The van der Waals surface area contributed by atoms with Crippen LogP contribution in [0.2, 0.25) is 0 Å². The molecule has 0 radical (unpaired) electrons. The molecule has 0 saturated carbocycles. The van der Waals surface area contributed by atoms with E-state index >= 15 is 0 Å². The van der Waals surface area contributed by atoms with Gasteiger partial charge >= 0.3 is 5.97 Å². The number of carboxylic acids is 1. The Morgan fingerprint density at radius 1 is 0.914 bits per heavy atom. The molecular weight excluding hydrogens is 436 g/mol. The van der Waals surface area contributed by atoms with Crippen LogP contribution in [0.5, 0.6) is 0 Å². The number of carbonyl (C=O) groups is 1. The number of benzene rings is 3. The molecule has 2 aromatic carbocycles. The second-order valence-corrected chi connectivity index (χ2v) is 11.7. The molecule has 5 nitrogen and oxygen atoms in total. The van der Waals surface area contributed by atoms with Crippen molar-refractivity contribution in [1.29, 1.82) is 0 Å². The molecule has 1 N–H and O–H groups in total. The maximum absolute atomic E-state index is 12.1. The van der Waals surface area contributed by atoms with E-state index in [-0.39, 0.29) is 0 Å². The van der Waals surface area contributed by atoms with E-state index in [9.17, 15) is 9.90 Å². The van der Waals surface area contributed by atoms with Crippen LogP contribution in [0.1, 0.15) is 38.1 Å². The molecule has 2 fully saturated rings. The molecule has 3 heterocycles. The highest BCUT2D eigenvalue weighted by molar-refractivity contribution is 6.07. The maximum Gasteiger partial charge on any atom is 0.336 e. The maximum atomic E-state index is 12.1. The number of carboxylic acid groups (broad SMARTS) is 1. The monoisotopic (exact) mass is 467 g/mol. The largest absolute Gasteiger partial charge is 0.478 e. The summed E-state index contributed by atoms with van der Waals surface area (Å²) in [6.45, 7) is 13.2. The fraction of sp³-hybridized carbons (Fsp3) is 0.333. The van der Waals surface area contributed by atoms with E-state index in [4.69, 9.17) is 4.42 Å². The SMILES string of the molecule is CC1(C)CN(c2ccc3c(-c4ccccc4C(=O)O)c4ccc(=[N+]5CC(C)(C)C5)cc-4oc3c2)C1. The molecule has 0 bridgehead atoms. The summed E-state index contributed by atoms with van der Waals surface area (Å²) in [5.74, 6) is -0.155. The van der Waals surface area contributed by atoms with Gasteiger partial charge in [0.05, 0.1) is 17.0 Å². The quantitative estimate of drug-likeness (QED) is 0.317. The number of nitrogens with zero attached hydrogens (tertiary/aromatic N) is 2. The number of hydrogen-bond donors (Lipinski definition) is 1. The van der Waals surface area contributed by atoms with Crippen molar-refractivity contribution in [2.75, 3.05) is 31.1 Å². The van der Waals surface area contributed by atoms with Crippen molar-refractivity contribution >= 4 is 22.6 Å².